The number of benzene rings is 1. The van der Waals surface area contributed by atoms with E-state index in [4.69, 9.17) is 4.52 Å². The number of rotatable bonds is 5. The second-order valence-corrected chi connectivity index (χ2v) is 7.64. The molecule has 2 aliphatic heterocycles. The maximum atomic E-state index is 5.50. The SMILES string of the molecule is CN1CCN(Cc2noc(CN3CCC(c4ccccc4)CC3)n2)CC1. The molecule has 2 fully saturated rings. The molecule has 1 aromatic carbocycles. The lowest BCUT2D eigenvalue weighted by molar-refractivity contribution is 0.144. The second-order valence-electron chi connectivity index (χ2n) is 7.64. The standard InChI is InChI=1S/C20H29N5O/c1-23-11-13-25(14-12-23)15-19-21-20(26-22-19)16-24-9-7-18(8-10-24)17-5-3-2-4-6-17/h2-6,18H,7-16H2,1H3. The van der Waals surface area contributed by atoms with Crippen LogP contribution in [0.3, 0.4) is 0 Å². The third-order valence-electron chi connectivity index (χ3n) is 5.69. The Kier molecular flexibility index (Phi) is 5.62. The Morgan fingerprint density at radius 3 is 2.35 bits per heavy atom. The van der Waals surface area contributed by atoms with Gasteiger partial charge >= 0.3 is 0 Å². The normalized spacial score (nSPS) is 21.3. The Bertz CT molecular complexity index is 673. The van der Waals surface area contributed by atoms with E-state index < -0.39 is 0 Å². The highest BCUT2D eigenvalue weighted by atomic mass is 16.5. The maximum absolute atomic E-state index is 5.50. The zero-order valence-corrected chi connectivity index (χ0v) is 15.7. The molecular weight excluding hydrogens is 326 g/mol. The summed E-state index contributed by atoms with van der Waals surface area (Å²) in [5.74, 6) is 2.26. The van der Waals surface area contributed by atoms with Crippen molar-refractivity contribution in [2.45, 2.75) is 31.8 Å². The van der Waals surface area contributed by atoms with Crippen molar-refractivity contribution in [3.63, 3.8) is 0 Å². The smallest absolute Gasteiger partial charge is 0.240 e. The van der Waals surface area contributed by atoms with E-state index in [0.29, 0.717) is 5.92 Å². The summed E-state index contributed by atoms with van der Waals surface area (Å²) in [5.41, 5.74) is 1.47. The van der Waals surface area contributed by atoms with Crippen LogP contribution in [-0.4, -0.2) is 71.2 Å². The van der Waals surface area contributed by atoms with Crippen LogP contribution in [0.2, 0.25) is 0 Å². The third kappa shape index (κ3) is 4.50. The van der Waals surface area contributed by atoms with Gasteiger partial charge in [0.25, 0.3) is 0 Å². The first-order valence-electron chi connectivity index (χ1n) is 9.76. The highest BCUT2D eigenvalue weighted by Gasteiger charge is 2.22. The summed E-state index contributed by atoms with van der Waals surface area (Å²) in [4.78, 5) is 11.8. The van der Waals surface area contributed by atoms with Gasteiger partial charge in [0.15, 0.2) is 5.82 Å². The number of likely N-dealkylation sites (tertiary alicyclic amines) is 1. The number of aromatic nitrogens is 2. The van der Waals surface area contributed by atoms with Gasteiger partial charge in [-0.25, -0.2) is 0 Å². The number of hydrogen-bond donors (Lipinski definition) is 0. The molecule has 2 saturated heterocycles. The van der Waals surface area contributed by atoms with Crippen molar-refractivity contribution >= 4 is 0 Å². The molecule has 0 amide bonds. The summed E-state index contributed by atoms with van der Waals surface area (Å²) in [5, 5.41) is 4.19. The Morgan fingerprint density at radius 2 is 1.62 bits per heavy atom. The van der Waals surface area contributed by atoms with Crippen LogP contribution in [0, 0.1) is 0 Å². The van der Waals surface area contributed by atoms with E-state index in [1.54, 1.807) is 0 Å². The van der Waals surface area contributed by atoms with E-state index in [9.17, 15) is 0 Å². The fourth-order valence-corrected chi connectivity index (χ4v) is 3.97. The molecule has 3 heterocycles. The van der Waals surface area contributed by atoms with Crippen LogP contribution in [0.5, 0.6) is 0 Å². The van der Waals surface area contributed by atoms with Crippen molar-refractivity contribution in [3.05, 3.63) is 47.6 Å². The average molecular weight is 355 g/mol. The lowest BCUT2D eigenvalue weighted by Crippen LogP contribution is -2.44. The van der Waals surface area contributed by atoms with Gasteiger partial charge in [0, 0.05) is 26.2 Å². The monoisotopic (exact) mass is 355 g/mol. The lowest BCUT2D eigenvalue weighted by atomic mass is 9.89. The molecule has 140 valence electrons. The zero-order chi connectivity index (χ0) is 17.8. The molecule has 2 aliphatic rings. The fourth-order valence-electron chi connectivity index (χ4n) is 3.97. The maximum Gasteiger partial charge on any atom is 0.240 e. The van der Waals surface area contributed by atoms with Crippen molar-refractivity contribution in [1.82, 2.24) is 24.8 Å². The van der Waals surface area contributed by atoms with Crippen LogP contribution in [0.4, 0.5) is 0 Å². The van der Waals surface area contributed by atoms with Gasteiger partial charge in [-0.2, -0.15) is 4.98 Å². The summed E-state index contributed by atoms with van der Waals surface area (Å²) < 4.78 is 5.50. The first-order valence-corrected chi connectivity index (χ1v) is 9.76. The average Bonchev–Trinajstić information content (AvgIpc) is 3.12. The van der Waals surface area contributed by atoms with Gasteiger partial charge < -0.3 is 9.42 Å². The van der Waals surface area contributed by atoms with Crippen LogP contribution in [0.25, 0.3) is 0 Å². The van der Waals surface area contributed by atoms with E-state index in [1.807, 2.05) is 0 Å². The second kappa shape index (κ2) is 8.29. The highest BCUT2D eigenvalue weighted by molar-refractivity contribution is 5.20. The number of piperazine rings is 1. The Morgan fingerprint density at radius 1 is 0.923 bits per heavy atom. The fraction of sp³-hybridized carbons (Fsp3) is 0.600. The predicted octanol–water partition coefficient (Wildman–Crippen LogP) is 2.20. The van der Waals surface area contributed by atoms with Gasteiger partial charge in [0.1, 0.15) is 0 Å². The van der Waals surface area contributed by atoms with Gasteiger partial charge in [-0.1, -0.05) is 35.5 Å². The molecule has 0 unspecified atom stereocenters. The third-order valence-corrected chi connectivity index (χ3v) is 5.69. The first-order chi connectivity index (χ1) is 12.8. The molecule has 6 nitrogen and oxygen atoms in total. The topological polar surface area (TPSA) is 48.6 Å². The zero-order valence-electron chi connectivity index (χ0n) is 15.7. The predicted molar refractivity (Wildman–Crippen MR) is 101 cm³/mol. The summed E-state index contributed by atoms with van der Waals surface area (Å²) >= 11 is 0. The Hall–Kier alpha value is -1.76. The Labute approximate surface area is 155 Å². The molecule has 0 atom stereocenters. The molecule has 1 aromatic heterocycles. The molecule has 2 aromatic rings. The number of likely N-dealkylation sites (N-methyl/N-ethyl adjacent to an activating group) is 1. The molecular formula is C20H29N5O. The van der Waals surface area contributed by atoms with Gasteiger partial charge in [0.05, 0.1) is 13.1 Å². The summed E-state index contributed by atoms with van der Waals surface area (Å²) in [6, 6.07) is 10.9. The van der Waals surface area contributed by atoms with E-state index >= 15 is 0 Å². The van der Waals surface area contributed by atoms with Crippen LogP contribution in [-0.2, 0) is 13.1 Å². The van der Waals surface area contributed by atoms with Crippen molar-refractivity contribution in [2.75, 3.05) is 46.3 Å². The summed E-state index contributed by atoms with van der Waals surface area (Å²) in [6.07, 6.45) is 2.40. The van der Waals surface area contributed by atoms with Crippen LogP contribution in [0.15, 0.2) is 34.9 Å². The van der Waals surface area contributed by atoms with Crippen LogP contribution >= 0.6 is 0 Å². The molecule has 0 aliphatic carbocycles. The van der Waals surface area contributed by atoms with Crippen molar-refractivity contribution in [2.24, 2.45) is 0 Å². The molecule has 0 radical (unpaired) electrons. The number of nitrogens with zero attached hydrogens (tertiary/aromatic N) is 5. The van der Waals surface area contributed by atoms with E-state index in [-0.39, 0.29) is 0 Å². The lowest BCUT2D eigenvalue weighted by Gasteiger charge is -2.31. The molecule has 26 heavy (non-hydrogen) atoms. The number of piperidine rings is 1. The molecule has 0 N–H and O–H groups in total. The van der Waals surface area contributed by atoms with E-state index in [0.717, 1.165) is 64.1 Å². The van der Waals surface area contributed by atoms with Crippen molar-refractivity contribution < 1.29 is 4.52 Å². The largest absolute Gasteiger partial charge is 0.338 e. The molecule has 6 heteroatoms. The van der Waals surface area contributed by atoms with E-state index in [1.165, 1.54) is 18.4 Å². The molecule has 0 saturated carbocycles. The van der Waals surface area contributed by atoms with Crippen LogP contribution in [0.1, 0.15) is 36.0 Å². The minimum absolute atomic E-state index is 0.683. The van der Waals surface area contributed by atoms with Gasteiger partial charge in [-0.05, 0) is 44.5 Å². The van der Waals surface area contributed by atoms with Gasteiger partial charge in [0.2, 0.25) is 5.89 Å². The minimum atomic E-state index is 0.683. The van der Waals surface area contributed by atoms with Gasteiger partial charge in [-0.15, -0.1) is 0 Å². The Balaban J connectivity index is 1.25. The molecule has 0 spiro atoms. The van der Waals surface area contributed by atoms with Crippen LogP contribution < -0.4 is 0 Å². The van der Waals surface area contributed by atoms with E-state index in [2.05, 4.69) is 62.2 Å². The summed E-state index contributed by atoms with van der Waals surface area (Å²) in [7, 11) is 2.17. The van der Waals surface area contributed by atoms with Crippen molar-refractivity contribution in [1.29, 1.82) is 0 Å². The molecule has 0 bridgehead atoms. The minimum Gasteiger partial charge on any atom is -0.338 e. The number of hydrogen-bond acceptors (Lipinski definition) is 6. The summed E-state index contributed by atoms with van der Waals surface area (Å²) in [6.45, 7) is 8.14. The molecule has 4 rings (SSSR count). The highest BCUT2D eigenvalue weighted by Crippen LogP contribution is 2.28. The van der Waals surface area contributed by atoms with Crippen molar-refractivity contribution in [3.8, 4) is 0 Å². The first kappa shape index (κ1) is 17.6. The van der Waals surface area contributed by atoms with Gasteiger partial charge in [-0.3, -0.25) is 9.80 Å². The quantitative estimate of drug-likeness (QED) is 0.819.